The number of carbonyl (C=O) groups is 5. The van der Waals surface area contributed by atoms with Crippen molar-refractivity contribution in [3.8, 4) is 0 Å². The third-order valence-electron chi connectivity index (χ3n) is 4.19. The molecule has 0 aromatic carbocycles. The summed E-state index contributed by atoms with van der Waals surface area (Å²) < 4.78 is 0. The monoisotopic (exact) mass is 434 g/mol. The van der Waals surface area contributed by atoms with Gasteiger partial charge in [0.15, 0.2) is 0 Å². The van der Waals surface area contributed by atoms with Crippen LogP contribution in [-0.4, -0.2) is 76.6 Å². The smallest absolute Gasteiger partial charge is 0.326 e. The molecular formula is C17H30N4O7S. The molecule has 0 saturated carbocycles. The van der Waals surface area contributed by atoms with Gasteiger partial charge in [-0.25, -0.2) is 4.79 Å². The molecule has 0 aromatic rings. The van der Waals surface area contributed by atoms with Gasteiger partial charge < -0.3 is 31.9 Å². The summed E-state index contributed by atoms with van der Waals surface area (Å²) in [5.74, 6) is -4.29. The molecule has 7 N–H and O–H groups in total. The minimum Gasteiger partial charge on any atom is -0.481 e. The number of carboxylic acids is 2. The number of aliphatic carboxylic acids is 2. The molecule has 0 aliphatic heterocycles. The Balaban J connectivity index is 4.91. The Bertz CT molecular complexity index is 602. The van der Waals surface area contributed by atoms with E-state index in [-0.39, 0.29) is 12.3 Å². The molecule has 4 unspecified atom stereocenters. The first-order valence-electron chi connectivity index (χ1n) is 9.09. The maximum absolute atomic E-state index is 12.6. The van der Waals surface area contributed by atoms with Crippen LogP contribution in [0.1, 0.15) is 33.1 Å². The third-order valence-corrected chi connectivity index (χ3v) is 4.84. The Kier molecular flexibility index (Phi) is 12.7. The van der Waals surface area contributed by atoms with Crippen LogP contribution in [0.2, 0.25) is 0 Å². The van der Waals surface area contributed by atoms with Crippen molar-refractivity contribution in [2.24, 2.45) is 11.7 Å². The number of hydrogen-bond donors (Lipinski definition) is 6. The summed E-state index contributed by atoms with van der Waals surface area (Å²) in [4.78, 5) is 58.3. The van der Waals surface area contributed by atoms with Crippen molar-refractivity contribution in [3.63, 3.8) is 0 Å². The summed E-state index contributed by atoms with van der Waals surface area (Å²) >= 11 is 1.45. The average molecular weight is 435 g/mol. The van der Waals surface area contributed by atoms with E-state index in [1.807, 2.05) is 13.2 Å². The zero-order chi connectivity index (χ0) is 22.6. The molecule has 0 aliphatic rings. The fraction of sp³-hybridized carbons (Fsp3) is 0.706. The molecule has 29 heavy (non-hydrogen) atoms. The van der Waals surface area contributed by atoms with Gasteiger partial charge in [0, 0.05) is 0 Å². The van der Waals surface area contributed by atoms with Crippen LogP contribution in [-0.2, 0) is 24.0 Å². The normalized spacial score (nSPS) is 14.8. The van der Waals surface area contributed by atoms with Crippen molar-refractivity contribution in [3.05, 3.63) is 0 Å². The van der Waals surface area contributed by atoms with Crippen LogP contribution in [0.15, 0.2) is 0 Å². The lowest BCUT2D eigenvalue weighted by atomic mass is 9.97. The number of nitrogens with two attached hydrogens (primary N) is 1. The Hall–Kier alpha value is -2.34. The van der Waals surface area contributed by atoms with Crippen molar-refractivity contribution in [1.82, 2.24) is 16.0 Å². The van der Waals surface area contributed by atoms with E-state index in [2.05, 4.69) is 16.0 Å². The SMILES string of the molecule is CCC(C)C(NC(=O)CNC(=O)C(N)CC(=O)O)C(=O)NC(CCSC)C(=O)O. The second-order valence-electron chi connectivity index (χ2n) is 6.53. The van der Waals surface area contributed by atoms with Crippen molar-refractivity contribution in [2.45, 2.75) is 51.2 Å². The van der Waals surface area contributed by atoms with E-state index in [4.69, 9.17) is 10.8 Å². The van der Waals surface area contributed by atoms with E-state index >= 15 is 0 Å². The average Bonchev–Trinajstić information content (AvgIpc) is 2.65. The molecule has 0 bridgehead atoms. The number of nitrogens with one attached hydrogen (secondary N) is 3. The van der Waals surface area contributed by atoms with Crippen LogP contribution in [0.3, 0.4) is 0 Å². The van der Waals surface area contributed by atoms with Crippen LogP contribution in [0.5, 0.6) is 0 Å². The van der Waals surface area contributed by atoms with Crippen LogP contribution < -0.4 is 21.7 Å². The van der Waals surface area contributed by atoms with E-state index < -0.39 is 60.8 Å². The first-order valence-corrected chi connectivity index (χ1v) is 10.5. The van der Waals surface area contributed by atoms with Gasteiger partial charge in [0.05, 0.1) is 19.0 Å². The second-order valence-corrected chi connectivity index (χ2v) is 7.52. The Morgan fingerprint density at radius 1 is 1.07 bits per heavy atom. The van der Waals surface area contributed by atoms with Crippen molar-refractivity contribution < 1.29 is 34.2 Å². The lowest BCUT2D eigenvalue weighted by Crippen LogP contribution is -2.56. The predicted octanol–water partition coefficient (Wildman–Crippen LogP) is -1.24. The molecule has 166 valence electrons. The van der Waals surface area contributed by atoms with Gasteiger partial charge in [-0.05, 0) is 24.3 Å². The second kappa shape index (κ2) is 13.8. The van der Waals surface area contributed by atoms with Gasteiger partial charge in [0.25, 0.3) is 0 Å². The fourth-order valence-electron chi connectivity index (χ4n) is 2.26. The highest BCUT2D eigenvalue weighted by Gasteiger charge is 2.29. The molecule has 11 nitrogen and oxygen atoms in total. The van der Waals surface area contributed by atoms with E-state index in [1.54, 1.807) is 6.92 Å². The van der Waals surface area contributed by atoms with Gasteiger partial charge in [-0.15, -0.1) is 0 Å². The largest absolute Gasteiger partial charge is 0.481 e. The van der Waals surface area contributed by atoms with Crippen LogP contribution in [0.25, 0.3) is 0 Å². The lowest BCUT2D eigenvalue weighted by Gasteiger charge is -2.25. The summed E-state index contributed by atoms with van der Waals surface area (Å²) in [6, 6.07) is -3.37. The van der Waals surface area contributed by atoms with Gasteiger partial charge in [-0.3, -0.25) is 19.2 Å². The highest BCUT2D eigenvalue weighted by atomic mass is 32.2. The Morgan fingerprint density at radius 3 is 2.17 bits per heavy atom. The standard InChI is InChI=1S/C17H30N4O7S/c1-4-9(2)14(16(26)20-11(17(27)28)5-6-29-3)21-12(22)8-19-15(25)10(18)7-13(23)24/h9-11,14H,4-8,18H2,1-3H3,(H,19,25)(H,20,26)(H,21,22)(H,23,24)(H,27,28). The van der Waals surface area contributed by atoms with Gasteiger partial charge in [-0.1, -0.05) is 20.3 Å². The summed E-state index contributed by atoms with van der Waals surface area (Å²) in [5.41, 5.74) is 5.40. The van der Waals surface area contributed by atoms with Gasteiger partial charge in [0.2, 0.25) is 17.7 Å². The maximum Gasteiger partial charge on any atom is 0.326 e. The van der Waals surface area contributed by atoms with E-state index in [0.29, 0.717) is 12.2 Å². The Morgan fingerprint density at radius 2 is 1.69 bits per heavy atom. The highest BCUT2D eigenvalue weighted by molar-refractivity contribution is 7.98. The third kappa shape index (κ3) is 10.7. The molecular weight excluding hydrogens is 404 g/mol. The minimum absolute atomic E-state index is 0.237. The predicted molar refractivity (Wildman–Crippen MR) is 107 cm³/mol. The number of carboxylic acid groups (broad SMARTS) is 2. The molecule has 0 heterocycles. The first-order chi connectivity index (χ1) is 13.5. The van der Waals surface area contributed by atoms with E-state index in [0.717, 1.165) is 0 Å². The van der Waals surface area contributed by atoms with Gasteiger partial charge in [0.1, 0.15) is 12.1 Å². The molecule has 0 fully saturated rings. The topological polar surface area (TPSA) is 188 Å². The number of hydrogen-bond acceptors (Lipinski definition) is 7. The zero-order valence-electron chi connectivity index (χ0n) is 16.8. The highest BCUT2D eigenvalue weighted by Crippen LogP contribution is 2.09. The van der Waals surface area contributed by atoms with Crippen LogP contribution in [0.4, 0.5) is 0 Å². The molecule has 0 aromatic heterocycles. The summed E-state index contributed by atoms with van der Waals surface area (Å²) in [5, 5.41) is 25.0. The van der Waals surface area contributed by atoms with Crippen molar-refractivity contribution >= 4 is 41.4 Å². The zero-order valence-corrected chi connectivity index (χ0v) is 17.6. The van der Waals surface area contributed by atoms with Gasteiger partial charge in [-0.2, -0.15) is 11.8 Å². The number of amides is 3. The lowest BCUT2D eigenvalue weighted by molar-refractivity contribution is -0.142. The van der Waals surface area contributed by atoms with Crippen LogP contribution >= 0.6 is 11.8 Å². The summed E-state index contributed by atoms with van der Waals surface area (Å²) in [6.07, 6.45) is 2.01. The molecule has 3 amide bonds. The molecule has 0 spiro atoms. The first kappa shape index (κ1) is 26.7. The molecule has 0 saturated heterocycles. The fourth-order valence-corrected chi connectivity index (χ4v) is 2.73. The molecule has 4 atom stereocenters. The summed E-state index contributed by atoms with van der Waals surface area (Å²) in [6.45, 7) is 3.04. The minimum atomic E-state index is -1.30. The number of carbonyl (C=O) groups excluding carboxylic acids is 3. The molecule has 0 radical (unpaired) electrons. The van der Waals surface area contributed by atoms with E-state index in [9.17, 15) is 29.1 Å². The quantitative estimate of drug-likeness (QED) is 0.194. The van der Waals surface area contributed by atoms with E-state index in [1.165, 1.54) is 11.8 Å². The van der Waals surface area contributed by atoms with Crippen LogP contribution in [0, 0.1) is 5.92 Å². The number of thioether (sulfide) groups is 1. The molecule has 0 rings (SSSR count). The Labute approximate surface area is 173 Å². The van der Waals surface area contributed by atoms with Crippen molar-refractivity contribution in [1.29, 1.82) is 0 Å². The molecule has 12 heteroatoms. The van der Waals surface area contributed by atoms with Crippen molar-refractivity contribution in [2.75, 3.05) is 18.6 Å². The molecule has 0 aliphatic carbocycles. The summed E-state index contributed by atoms with van der Waals surface area (Å²) in [7, 11) is 0. The van der Waals surface area contributed by atoms with Gasteiger partial charge >= 0.3 is 11.9 Å². The number of rotatable bonds is 14. The maximum atomic E-state index is 12.6.